The van der Waals surface area contributed by atoms with E-state index in [2.05, 4.69) is 15.5 Å². The Bertz CT molecular complexity index is 1470. The van der Waals surface area contributed by atoms with Crippen molar-refractivity contribution < 1.29 is 30.8 Å². The number of anilines is 1. The third-order valence-electron chi connectivity index (χ3n) is 5.84. The van der Waals surface area contributed by atoms with E-state index < -0.39 is 31.0 Å². The summed E-state index contributed by atoms with van der Waals surface area (Å²) in [4.78, 5) is 12.9. The number of rotatable bonds is 7. The summed E-state index contributed by atoms with van der Waals surface area (Å²) in [6, 6.07) is 11.4. The minimum Gasteiger partial charge on any atom is -0.403 e. The predicted octanol–water partition coefficient (Wildman–Crippen LogP) is 2.97. The molecule has 198 valence electrons. The summed E-state index contributed by atoms with van der Waals surface area (Å²) in [5.74, 6) is -0.467. The molecule has 2 unspecified atom stereocenters. The van der Waals surface area contributed by atoms with Crippen LogP contribution in [0.15, 0.2) is 62.7 Å². The van der Waals surface area contributed by atoms with E-state index in [0.29, 0.717) is 5.56 Å². The van der Waals surface area contributed by atoms with Gasteiger partial charge >= 0.3 is 6.01 Å². The fourth-order valence-electron chi connectivity index (χ4n) is 3.87. The van der Waals surface area contributed by atoms with Crippen LogP contribution in [0.3, 0.4) is 0 Å². The van der Waals surface area contributed by atoms with Crippen molar-refractivity contribution in [3.63, 3.8) is 0 Å². The summed E-state index contributed by atoms with van der Waals surface area (Å²) < 4.78 is 63.0. The molecular formula is C24H28N4O7S2. The van der Waals surface area contributed by atoms with Gasteiger partial charge in [-0.05, 0) is 76.2 Å². The van der Waals surface area contributed by atoms with Crippen LogP contribution in [-0.4, -0.2) is 67.8 Å². The number of aromatic nitrogens is 2. The average molecular weight is 549 g/mol. The Balaban J connectivity index is 1.44. The second kappa shape index (κ2) is 10.3. The quantitative estimate of drug-likeness (QED) is 0.470. The number of morpholine rings is 1. The molecular weight excluding hydrogens is 520 g/mol. The van der Waals surface area contributed by atoms with Crippen LogP contribution < -0.4 is 5.32 Å². The first kappa shape index (κ1) is 26.9. The van der Waals surface area contributed by atoms with Gasteiger partial charge in [-0.3, -0.25) is 10.1 Å². The predicted molar refractivity (Wildman–Crippen MR) is 135 cm³/mol. The van der Waals surface area contributed by atoms with Gasteiger partial charge in [0.05, 0.1) is 27.2 Å². The average Bonchev–Trinajstić information content (AvgIpc) is 3.32. The van der Waals surface area contributed by atoms with E-state index in [0.717, 1.165) is 0 Å². The summed E-state index contributed by atoms with van der Waals surface area (Å²) in [6.07, 6.45) is -0.428. The maximum absolute atomic E-state index is 13.0. The molecule has 0 radical (unpaired) electrons. The van der Waals surface area contributed by atoms with Gasteiger partial charge < -0.3 is 9.15 Å². The van der Waals surface area contributed by atoms with Gasteiger partial charge in [-0.15, -0.1) is 5.10 Å². The van der Waals surface area contributed by atoms with Gasteiger partial charge in [0.1, 0.15) is 0 Å². The zero-order valence-corrected chi connectivity index (χ0v) is 22.4. The fraction of sp³-hybridized carbons (Fsp3) is 0.375. The molecule has 2 atom stereocenters. The van der Waals surface area contributed by atoms with Crippen LogP contribution in [-0.2, 0) is 24.6 Å². The van der Waals surface area contributed by atoms with Gasteiger partial charge in [0.15, 0.2) is 9.84 Å². The molecule has 0 spiro atoms. The molecule has 0 saturated carbocycles. The van der Waals surface area contributed by atoms with E-state index in [9.17, 15) is 21.6 Å². The standard InChI is InChI=1S/C24H28N4O7S2/c1-15(2)36(30,31)20-9-7-19(8-10-20)23-26-27-24(35-23)25-22(29)18-5-11-21(12-6-18)37(32,33)28-13-16(3)34-17(4)14-28/h5-12,15-17H,13-14H2,1-4H3,(H,25,27,29). The maximum Gasteiger partial charge on any atom is 0.322 e. The minimum absolute atomic E-state index is 0.0772. The number of sulfonamides is 1. The SMILES string of the molecule is CC1CN(S(=O)(=O)c2ccc(C(=O)Nc3nnc(-c4ccc(S(=O)(=O)C(C)C)cc4)o3)cc2)CC(C)O1. The zero-order valence-electron chi connectivity index (χ0n) is 20.8. The maximum atomic E-state index is 13.0. The number of benzene rings is 2. The lowest BCUT2D eigenvalue weighted by Gasteiger charge is -2.34. The van der Waals surface area contributed by atoms with Crippen molar-refractivity contribution in [3.05, 3.63) is 54.1 Å². The number of ether oxygens (including phenoxy) is 1. The van der Waals surface area contributed by atoms with Crippen LogP contribution in [0.2, 0.25) is 0 Å². The first-order chi connectivity index (χ1) is 17.4. The van der Waals surface area contributed by atoms with Crippen molar-refractivity contribution in [1.29, 1.82) is 0 Å². The molecule has 37 heavy (non-hydrogen) atoms. The second-order valence-corrected chi connectivity index (χ2v) is 13.5. The van der Waals surface area contributed by atoms with Gasteiger partial charge in [-0.1, -0.05) is 5.10 Å². The highest BCUT2D eigenvalue weighted by molar-refractivity contribution is 7.92. The zero-order chi connectivity index (χ0) is 27.0. The van der Waals surface area contributed by atoms with Crippen molar-refractivity contribution in [3.8, 4) is 11.5 Å². The molecule has 1 aromatic heterocycles. The lowest BCUT2D eigenvalue weighted by atomic mass is 10.2. The number of nitrogens with zero attached hydrogens (tertiary/aromatic N) is 3. The molecule has 1 aliphatic rings. The summed E-state index contributed by atoms with van der Waals surface area (Å²) in [5.41, 5.74) is 0.683. The van der Waals surface area contributed by atoms with Crippen molar-refractivity contribution in [1.82, 2.24) is 14.5 Å². The van der Waals surface area contributed by atoms with Crippen molar-refractivity contribution in [2.45, 2.75) is 54.9 Å². The van der Waals surface area contributed by atoms with Gasteiger partial charge in [0, 0.05) is 24.2 Å². The first-order valence-electron chi connectivity index (χ1n) is 11.6. The molecule has 0 bridgehead atoms. The number of hydrogen-bond acceptors (Lipinski definition) is 9. The van der Waals surface area contributed by atoms with Crippen molar-refractivity contribution in [2.24, 2.45) is 0 Å². The number of sulfone groups is 1. The topological polar surface area (TPSA) is 149 Å². The largest absolute Gasteiger partial charge is 0.403 e. The van der Waals surface area contributed by atoms with Crippen LogP contribution in [0.1, 0.15) is 38.1 Å². The molecule has 1 saturated heterocycles. The van der Waals surface area contributed by atoms with Gasteiger partial charge in [0.25, 0.3) is 5.91 Å². The molecule has 3 aromatic rings. The third-order valence-corrected chi connectivity index (χ3v) is 9.85. The molecule has 4 rings (SSSR count). The Morgan fingerprint density at radius 2 is 1.49 bits per heavy atom. The smallest absolute Gasteiger partial charge is 0.322 e. The Hall–Kier alpha value is -3.13. The molecule has 0 aliphatic carbocycles. The van der Waals surface area contributed by atoms with E-state index in [4.69, 9.17) is 9.15 Å². The molecule has 1 amide bonds. The van der Waals surface area contributed by atoms with E-state index >= 15 is 0 Å². The molecule has 2 aromatic carbocycles. The number of amides is 1. The third kappa shape index (κ3) is 5.74. The fourth-order valence-corrected chi connectivity index (χ4v) is 6.52. The molecule has 11 nitrogen and oxygen atoms in total. The summed E-state index contributed by atoms with van der Waals surface area (Å²) in [5, 5.41) is 9.63. The summed E-state index contributed by atoms with van der Waals surface area (Å²) in [7, 11) is -7.14. The number of carbonyl (C=O) groups excluding carboxylic acids is 1. The number of hydrogen-bond donors (Lipinski definition) is 1. The molecule has 13 heteroatoms. The Kier molecular flexibility index (Phi) is 7.51. The van der Waals surface area contributed by atoms with Gasteiger partial charge in [-0.2, -0.15) is 4.31 Å². The highest BCUT2D eigenvalue weighted by Gasteiger charge is 2.32. The van der Waals surface area contributed by atoms with Crippen LogP contribution in [0.5, 0.6) is 0 Å². The van der Waals surface area contributed by atoms with Crippen LogP contribution >= 0.6 is 0 Å². The van der Waals surface area contributed by atoms with Crippen LogP contribution in [0.4, 0.5) is 6.01 Å². The van der Waals surface area contributed by atoms with E-state index in [-0.39, 0.29) is 52.6 Å². The molecule has 1 fully saturated rings. The first-order valence-corrected chi connectivity index (χ1v) is 14.6. The minimum atomic E-state index is -3.73. The highest BCUT2D eigenvalue weighted by Crippen LogP contribution is 2.25. The summed E-state index contributed by atoms with van der Waals surface area (Å²) >= 11 is 0. The van der Waals surface area contributed by atoms with Crippen molar-refractivity contribution in [2.75, 3.05) is 18.4 Å². The van der Waals surface area contributed by atoms with Gasteiger partial charge in [0.2, 0.25) is 15.9 Å². The van der Waals surface area contributed by atoms with Crippen LogP contribution in [0.25, 0.3) is 11.5 Å². The Labute approximate surface area is 215 Å². The van der Waals surface area contributed by atoms with Crippen molar-refractivity contribution >= 4 is 31.8 Å². The van der Waals surface area contributed by atoms with E-state index in [1.807, 2.05) is 13.8 Å². The molecule has 1 aliphatic heterocycles. The molecule has 2 heterocycles. The van der Waals surface area contributed by atoms with Crippen LogP contribution in [0, 0.1) is 0 Å². The Morgan fingerprint density at radius 1 is 0.919 bits per heavy atom. The summed E-state index contributed by atoms with van der Waals surface area (Å²) in [6.45, 7) is 7.36. The molecule has 1 N–H and O–H groups in total. The van der Waals surface area contributed by atoms with E-state index in [1.54, 1.807) is 26.0 Å². The monoisotopic (exact) mass is 548 g/mol. The number of nitrogens with one attached hydrogen (secondary N) is 1. The highest BCUT2D eigenvalue weighted by atomic mass is 32.2. The lowest BCUT2D eigenvalue weighted by molar-refractivity contribution is -0.0440. The van der Waals surface area contributed by atoms with E-state index in [1.165, 1.54) is 40.7 Å². The second-order valence-electron chi connectivity index (χ2n) is 9.09. The lowest BCUT2D eigenvalue weighted by Crippen LogP contribution is -2.48. The Morgan fingerprint density at radius 3 is 2.05 bits per heavy atom. The number of carbonyl (C=O) groups is 1. The van der Waals surface area contributed by atoms with Gasteiger partial charge in [-0.25, -0.2) is 16.8 Å². The normalized spacial score (nSPS) is 19.2.